The van der Waals surface area contributed by atoms with Gasteiger partial charge in [-0.15, -0.1) is 0 Å². The number of ether oxygens (including phenoxy) is 3. The molecule has 41 heavy (non-hydrogen) atoms. The van der Waals surface area contributed by atoms with Crippen LogP contribution in [0.25, 0.3) is 22.3 Å². The van der Waals surface area contributed by atoms with Crippen LogP contribution in [-0.4, -0.2) is 25.2 Å². The van der Waals surface area contributed by atoms with Crippen molar-refractivity contribution in [1.29, 1.82) is 0 Å². The minimum atomic E-state index is -0.389. The molecule has 0 fully saturated rings. The number of hydrogen-bond donors (Lipinski definition) is 0. The number of nitrogens with zero attached hydrogens (tertiary/aromatic N) is 1. The molecule has 5 heteroatoms. The van der Waals surface area contributed by atoms with Gasteiger partial charge in [0.25, 0.3) is 0 Å². The Balaban J connectivity index is 1.45. The number of carbonyl (C=O) groups is 1. The Labute approximate surface area is 241 Å². The van der Waals surface area contributed by atoms with Crippen LogP contribution in [-0.2, 0) is 24.2 Å². The summed E-state index contributed by atoms with van der Waals surface area (Å²) in [6.45, 7) is 0.200. The fraction of sp³-hybridized carbons (Fsp3) is 0.167. The van der Waals surface area contributed by atoms with Gasteiger partial charge >= 0.3 is 5.97 Å². The first-order chi connectivity index (χ1) is 20.2. The van der Waals surface area contributed by atoms with Crippen LogP contribution < -0.4 is 9.47 Å². The number of aryl methyl sites for hydroxylation is 1. The van der Waals surface area contributed by atoms with Gasteiger partial charge in [0.15, 0.2) is 0 Å². The number of esters is 1. The van der Waals surface area contributed by atoms with E-state index in [2.05, 4.69) is 35.3 Å². The normalized spacial score (nSPS) is 10.7. The lowest BCUT2D eigenvalue weighted by Crippen LogP contribution is -2.07. The van der Waals surface area contributed by atoms with E-state index in [-0.39, 0.29) is 12.6 Å². The zero-order valence-electron chi connectivity index (χ0n) is 23.3. The second-order valence-corrected chi connectivity index (χ2v) is 9.66. The summed E-state index contributed by atoms with van der Waals surface area (Å²) in [5, 5.41) is 0. The molecule has 0 amide bonds. The number of rotatable bonds is 11. The summed E-state index contributed by atoms with van der Waals surface area (Å²) < 4.78 is 17.3. The van der Waals surface area contributed by atoms with E-state index in [0.717, 1.165) is 58.4 Å². The van der Waals surface area contributed by atoms with Crippen molar-refractivity contribution in [2.24, 2.45) is 0 Å². The molecule has 0 aliphatic rings. The van der Waals surface area contributed by atoms with Gasteiger partial charge in [0.05, 0.1) is 19.8 Å². The van der Waals surface area contributed by atoms with Crippen LogP contribution in [0.15, 0.2) is 109 Å². The van der Waals surface area contributed by atoms with E-state index in [0.29, 0.717) is 11.3 Å². The molecule has 1 heterocycles. The number of aromatic nitrogens is 1. The maximum atomic E-state index is 13.2. The molecular formula is C36H32NO4. The van der Waals surface area contributed by atoms with Gasteiger partial charge in [-0.25, -0.2) is 4.79 Å². The van der Waals surface area contributed by atoms with Crippen molar-refractivity contribution in [3.05, 3.63) is 138 Å². The van der Waals surface area contributed by atoms with Gasteiger partial charge in [0.2, 0.25) is 0 Å². The zero-order chi connectivity index (χ0) is 28.4. The summed E-state index contributed by atoms with van der Waals surface area (Å²) in [5.74, 6) is 1.02. The molecule has 4 aromatic carbocycles. The fourth-order valence-electron chi connectivity index (χ4n) is 4.89. The first-order valence-corrected chi connectivity index (χ1v) is 13.6. The van der Waals surface area contributed by atoms with Gasteiger partial charge in [-0.3, -0.25) is 4.98 Å². The molecule has 5 nitrogen and oxygen atoms in total. The van der Waals surface area contributed by atoms with Crippen molar-refractivity contribution in [3.8, 4) is 33.8 Å². The SMILES string of the molecule is COc1[c]c(-c2ccc(C(=O)OCc3ccccc3)c(-c3ccncc3)c2)cc(OC)c1CCCc1ccccc1. The summed E-state index contributed by atoms with van der Waals surface area (Å²) in [4.78, 5) is 17.4. The average molecular weight is 543 g/mol. The topological polar surface area (TPSA) is 57.7 Å². The summed E-state index contributed by atoms with van der Waals surface area (Å²) in [6, 6.07) is 35.0. The highest BCUT2D eigenvalue weighted by atomic mass is 16.5. The molecule has 205 valence electrons. The van der Waals surface area contributed by atoms with Gasteiger partial charge in [-0.05, 0) is 83.0 Å². The Morgan fingerprint density at radius 2 is 1.46 bits per heavy atom. The Morgan fingerprint density at radius 3 is 2.15 bits per heavy atom. The second-order valence-electron chi connectivity index (χ2n) is 9.66. The van der Waals surface area contributed by atoms with E-state index < -0.39 is 0 Å². The van der Waals surface area contributed by atoms with Crippen molar-refractivity contribution in [2.75, 3.05) is 14.2 Å². The lowest BCUT2D eigenvalue weighted by molar-refractivity contribution is 0.0473. The van der Waals surface area contributed by atoms with Crippen LogP contribution in [0, 0.1) is 6.07 Å². The Morgan fingerprint density at radius 1 is 0.756 bits per heavy atom. The van der Waals surface area contributed by atoms with Crippen LogP contribution in [0.5, 0.6) is 11.5 Å². The molecule has 0 aliphatic heterocycles. The Bertz CT molecular complexity index is 1560. The van der Waals surface area contributed by atoms with E-state index in [1.54, 1.807) is 32.7 Å². The minimum absolute atomic E-state index is 0.200. The number of pyridine rings is 1. The highest BCUT2D eigenvalue weighted by molar-refractivity contribution is 5.98. The molecule has 0 bridgehead atoms. The van der Waals surface area contributed by atoms with E-state index in [9.17, 15) is 4.79 Å². The third-order valence-corrected chi connectivity index (χ3v) is 7.01. The lowest BCUT2D eigenvalue weighted by Gasteiger charge is -2.17. The molecule has 1 radical (unpaired) electrons. The van der Waals surface area contributed by atoms with Crippen molar-refractivity contribution < 1.29 is 19.0 Å². The van der Waals surface area contributed by atoms with Gasteiger partial charge < -0.3 is 14.2 Å². The molecule has 0 saturated heterocycles. The van der Waals surface area contributed by atoms with Gasteiger partial charge in [0, 0.05) is 24.0 Å². The molecule has 0 atom stereocenters. The van der Waals surface area contributed by atoms with E-state index in [1.807, 2.05) is 66.7 Å². The number of hydrogen-bond acceptors (Lipinski definition) is 5. The van der Waals surface area contributed by atoms with Crippen LogP contribution in [0.3, 0.4) is 0 Å². The first-order valence-electron chi connectivity index (χ1n) is 13.6. The molecular weight excluding hydrogens is 510 g/mol. The highest BCUT2D eigenvalue weighted by Crippen LogP contribution is 2.37. The molecule has 0 saturated carbocycles. The van der Waals surface area contributed by atoms with E-state index >= 15 is 0 Å². The zero-order valence-corrected chi connectivity index (χ0v) is 23.3. The standard InChI is InChI=1S/C36H32NO4/c1-39-34-23-30(24-35(40-2)32(34)15-9-14-26-10-5-3-6-11-26)29-16-17-31(33(22-29)28-18-20-37-21-19-28)36(38)41-25-27-12-7-4-8-13-27/h3-8,10-13,16-23H,9,14-15,25H2,1-2H3. The van der Waals surface area contributed by atoms with Crippen LogP contribution in [0.2, 0.25) is 0 Å². The Hall–Kier alpha value is -4.90. The number of methoxy groups -OCH3 is 2. The molecule has 5 rings (SSSR count). The van der Waals surface area contributed by atoms with Crippen molar-refractivity contribution >= 4 is 5.97 Å². The van der Waals surface area contributed by atoms with E-state index in [4.69, 9.17) is 14.2 Å². The van der Waals surface area contributed by atoms with Crippen LogP contribution >= 0.6 is 0 Å². The average Bonchev–Trinajstić information content (AvgIpc) is 3.04. The predicted octanol–water partition coefficient (Wildman–Crippen LogP) is 7.77. The summed E-state index contributed by atoms with van der Waals surface area (Å²) >= 11 is 0. The van der Waals surface area contributed by atoms with Crippen LogP contribution in [0.1, 0.15) is 33.5 Å². The van der Waals surface area contributed by atoms with Crippen molar-refractivity contribution in [1.82, 2.24) is 4.98 Å². The number of carbonyl (C=O) groups excluding carboxylic acids is 1. The maximum Gasteiger partial charge on any atom is 0.339 e. The molecule has 0 aliphatic carbocycles. The monoisotopic (exact) mass is 542 g/mol. The highest BCUT2D eigenvalue weighted by Gasteiger charge is 2.19. The van der Waals surface area contributed by atoms with Gasteiger partial charge in [0.1, 0.15) is 18.1 Å². The predicted molar refractivity (Wildman–Crippen MR) is 161 cm³/mol. The summed E-state index contributed by atoms with van der Waals surface area (Å²) in [5.41, 5.74) is 7.01. The molecule has 0 N–H and O–H groups in total. The van der Waals surface area contributed by atoms with Crippen LogP contribution in [0.4, 0.5) is 0 Å². The third kappa shape index (κ3) is 6.82. The third-order valence-electron chi connectivity index (χ3n) is 7.01. The molecule has 0 unspecified atom stereocenters. The van der Waals surface area contributed by atoms with Gasteiger partial charge in [-0.2, -0.15) is 0 Å². The molecule has 0 spiro atoms. The maximum absolute atomic E-state index is 13.2. The summed E-state index contributed by atoms with van der Waals surface area (Å²) in [7, 11) is 3.33. The molecule has 1 aromatic heterocycles. The van der Waals surface area contributed by atoms with Crippen molar-refractivity contribution in [3.63, 3.8) is 0 Å². The van der Waals surface area contributed by atoms with Gasteiger partial charge in [-0.1, -0.05) is 66.7 Å². The summed E-state index contributed by atoms with van der Waals surface area (Å²) in [6.07, 6.45) is 6.14. The fourth-order valence-corrected chi connectivity index (χ4v) is 4.89. The second kappa shape index (κ2) is 13.4. The smallest absolute Gasteiger partial charge is 0.339 e. The van der Waals surface area contributed by atoms with E-state index in [1.165, 1.54) is 5.56 Å². The minimum Gasteiger partial charge on any atom is -0.496 e. The Kier molecular flexibility index (Phi) is 9.07. The lowest BCUT2D eigenvalue weighted by atomic mass is 9.93. The molecule has 5 aromatic rings. The number of benzene rings is 4. The van der Waals surface area contributed by atoms with Crippen molar-refractivity contribution in [2.45, 2.75) is 25.9 Å². The quantitative estimate of drug-likeness (QED) is 0.160. The first kappa shape index (κ1) is 27.7. The largest absolute Gasteiger partial charge is 0.496 e.